The van der Waals surface area contributed by atoms with Gasteiger partial charge in [0.2, 0.25) is 5.01 Å². The Labute approximate surface area is 186 Å². The van der Waals surface area contributed by atoms with E-state index < -0.39 is 0 Å². The van der Waals surface area contributed by atoms with Crippen LogP contribution in [0.15, 0.2) is 42.2 Å². The summed E-state index contributed by atoms with van der Waals surface area (Å²) >= 11 is 1.31. The molecular weight excluding hydrogens is 414 g/mol. The number of unbranched alkanes of at least 4 members (excludes halogenated alkanes) is 1. The van der Waals surface area contributed by atoms with Crippen molar-refractivity contribution in [3.63, 3.8) is 0 Å². The zero-order valence-corrected chi connectivity index (χ0v) is 18.8. The quantitative estimate of drug-likeness (QED) is 0.168. The number of aryl methyl sites for hydroxylation is 1. The molecule has 168 valence electrons. The normalized spacial score (nSPS) is 11.4. The topological polar surface area (TPSA) is 139 Å². The molecule has 31 heavy (non-hydrogen) atoms. The number of carbonyl (C=O) groups is 2. The van der Waals surface area contributed by atoms with Crippen molar-refractivity contribution in [2.24, 2.45) is 17.5 Å². The number of amides is 2. The van der Waals surface area contributed by atoms with E-state index in [1.165, 1.54) is 22.5 Å². The highest BCUT2D eigenvalue weighted by molar-refractivity contribution is 7.13. The molecule has 2 rings (SSSR count). The second kappa shape index (κ2) is 12.7. The number of nitrogens with two attached hydrogens (primary N) is 2. The van der Waals surface area contributed by atoms with Gasteiger partial charge in [-0.05, 0) is 24.3 Å². The van der Waals surface area contributed by atoms with Gasteiger partial charge in [-0.15, -0.1) is 10.2 Å². The molecule has 2 amide bonds. The van der Waals surface area contributed by atoms with Crippen LogP contribution in [0.1, 0.15) is 47.1 Å². The Balaban J connectivity index is 1.67. The fourth-order valence-corrected chi connectivity index (χ4v) is 3.37. The number of aromatic nitrogens is 2. The van der Waals surface area contributed by atoms with E-state index in [1.807, 2.05) is 44.2 Å². The number of rotatable bonds is 12. The minimum absolute atomic E-state index is 0.0552. The van der Waals surface area contributed by atoms with Crippen LogP contribution < -0.4 is 22.2 Å². The molecule has 0 atom stereocenters. The van der Waals surface area contributed by atoms with E-state index >= 15 is 0 Å². The van der Waals surface area contributed by atoms with Gasteiger partial charge in [-0.2, -0.15) is 0 Å². The van der Waals surface area contributed by atoms with Crippen molar-refractivity contribution in [2.45, 2.75) is 39.7 Å². The summed E-state index contributed by atoms with van der Waals surface area (Å²) in [5, 5.41) is 16.2. The summed E-state index contributed by atoms with van der Waals surface area (Å²) in [5.74, 6) is 5.75. The fourth-order valence-electron chi connectivity index (χ4n) is 2.57. The minimum Gasteiger partial charge on any atom is -0.393 e. The molecule has 0 saturated carbocycles. The summed E-state index contributed by atoms with van der Waals surface area (Å²) in [5.41, 5.74) is 6.87. The minimum atomic E-state index is -0.364. The van der Waals surface area contributed by atoms with Crippen LogP contribution in [0.2, 0.25) is 0 Å². The molecule has 0 bridgehead atoms. The van der Waals surface area contributed by atoms with Crippen molar-refractivity contribution in [1.82, 2.24) is 25.8 Å². The van der Waals surface area contributed by atoms with Crippen LogP contribution in [-0.2, 0) is 17.8 Å². The highest BCUT2D eigenvalue weighted by Crippen LogP contribution is 2.13. The van der Waals surface area contributed by atoms with Crippen molar-refractivity contribution < 1.29 is 9.59 Å². The number of benzene rings is 1. The van der Waals surface area contributed by atoms with Crippen LogP contribution in [0.4, 0.5) is 0 Å². The molecule has 0 aliphatic rings. The molecule has 2 aromatic rings. The Morgan fingerprint density at radius 3 is 2.61 bits per heavy atom. The standard InChI is InChI=1S/C21H31N7O2S/c1-15(2)12-24-20(30)21-27-26-18(31-21)10-6-7-11-28(23)14-17(22)19(29)25-13-16-8-4-3-5-9-16/h3-5,8-9,14-15H,6-7,10-13,22-23H2,1-2H3,(H,24,30)(H,25,29)/b17-14-. The van der Waals surface area contributed by atoms with Crippen molar-refractivity contribution in [1.29, 1.82) is 0 Å². The van der Waals surface area contributed by atoms with Gasteiger partial charge in [0.1, 0.15) is 10.7 Å². The molecule has 10 heteroatoms. The average molecular weight is 446 g/mol. The third kappa shape index (κ3) is 9.14. The van der Waals surface area contributed by atoms with Gasteiger partial charge in [-0.3, -0.25) is 9.59 Å². The second-order valence-electron chi connectivity index (χ2n) is 7.55. The molecule has 0 aliphatic heterocycles. The SMILES string of the molecule is CC(C)CNC(=O)c1nnc(CCCCN(N)/C=C(\N)C(=O)NCc2ccccc2)s1. The van der Waals surface area contributed by atoms with E-state index in [1.54, 1.807) is 0 Å². The van der Waals surface area contributed by atoms with E-state index in [-0.39, 0.29) is 17.5 Å². The number of hydrogen-bond acceptors (Lipinski definition) is 8. The first-order valence-corrected chi connectivity index (χ1v) is 11.1. The van der Waals surface area contributed by atoms with E-state index in [0.29, 0.717) is 37.0 Å². The van der Waals surface area contributed by atoms with E-state index in [4.69, 9.17) is 11.6 Å². The predicted octanol–water partition coefficient (Wildman–Crippen LogP) is 1.54. The highest BCUT2D eigenvalue weighted by Gasteiger charge is 2.13. The van der Waals surface area contributed by atoms with Crippen LogP contribution in [0, 0.1) is 5.92 Å². The lowest BCUT2D eigenvalue weighted by Gasteiger charge is -2.14. The van der Waals surface area contributed by atoms with Gasteiger partial charge < -0.3 is 21.4 Å². The van der Waals surface area contributed by atoms with Crippen molar-refractivity contribution in [3.8, 4) is 0 Å². The Bertz CT molecular complexity index is 868. The van der Waals surface area contributed by atoms with E-state index in [9.17, 15) is 9.59 Å². The molecule has 0 aliphatic carbocycles. The average Bonchev–Trinajstić information content (AvgIpc) is 3.23. The maximum Gasteiger partial charge on any atom is 0.282 e. The van der Waals surface area contributed by atoms with Gasteiger partial charge >= 0.3 is 0 Å². The zero-order chi connectivity index (χ0) is 22.6. The van der Waals surface area contributed by atoms with Gasteiger partial charge in [0.25, 0.3) is 11.8 Å². The molecule has 1 aromatic heterocycles. The zero-order valence-electron chi connectivity index (χ0n) is 18.0. The highest BCUT2D eigenvalue weighted by atomic mass is 32.1. The van der Waals surface area contributed by atoms with Crippen molar-refractivity contribution in [2.75, 3.05) is 13.1 Å². The number of carbonyl (C=O) groups excluding carboxylic acids is 2. The molecule has 0 saturated heterocycles. The number of nitrogens with zero attached hydrogens (tertiary/aromatic N) is 3. The van der Waals surface area contributed by atoms with Crippen LogP contribution in [0.3, 0.4) is 0 Å². The third-order valence-corrected chi connectivity index (χ3v) is 5.23. The molecule has 1 aromatic carbocycles. The molecule has 9 nitrogen and oxygen atoms in total. The number of hydrazine groups is 1. The lowest BCUT2D eigenvalue weighted by molar-refractivity contribution is -0.117. The third-order valence-electron chi connectivity index (χ3n) is 4.25. The lowest BCUT2D eigenvalue weighted by Crippen LogP contribution is -2.33. The molecule has 1 heterocycles. The summed E-state index contributed by atoms with van der Waals surface area (Å²) in [6.07, 6.45) is 3.74. The first kappa shape index (κ1) is 24.3. The van der Waals surface area contributed by atoms with Gasteiger partial charge in [0.15, 0.2) is 0 Å². The molecule has 0 radical (unpaired) electrons. The maximum absolute atomic E-state index is 12.1. The van der Waals surface area contributed by atoms with E-state index in [0.717, 1.165) is 23.4 Å². The Morgan fingerprint density at radius 2 is 1.90 bits per heavy atom. The van der Waals surface area contributed by atoms with Gasteiger partial charge in [0.05, 0.1) is 0 Å². The molecule has 6 N–H and O–H groups in total. The summed E-state index contributed by atoms with van der Waals surface area (Å²) in [6, 6.07) is 9.59. The maximum atomic E-state index is 12.1. The Hall–Kier alpha value is -2.98. The molecule has 0 fully saturated rings. The predicted molar refractivity (Wildman–Crippen MR) is 121 cm³/mol. The van der Waals surface area contributed by atoms with Crippen molar-refractivity contribution >= 4 is 23.2 Å². The first-order chi connectivity index (χ1) is 14.8. The van der Waals surface area contributed by atoms with Gasteiger partial charge in [-0.1, -0.05) is 55.5 Å². The number of hydrogen-bond donors (Lipinski definition) is 4. The van der Waals surface area contributed by atoms with Crippen LogP contribution in [-0.4, -0.2) is 40.1 Å². The Kier molecular flexibility index (Phi) is 9.92. The second-order valence-corrected chi connectivity index (χ2v) is 8.61. The molecule has 0 spiro atoms. The van der Waals surface area contributed by atoms with Gasteiger partial charge in [0, 0.05) is 32.3 Å². The summed E-state index contributed by atoms with van der Waals surface area (Å²) in [4.78, 5) is 24.1. The number of nitrogens with one attached hydrogen (secondary N) is 2. The smallest absolute Gasteiger partial charge is 0.282 e. The summed E-state index contributed by atoms with van der Waals surface area (Å²) in [7, 11) is 0. The molecular formula is C21H31N7O2S. The van der Waals surface area contributed by atoms with Crippen LogP contribution >= 0.6 is 11.3 Å². The van der Waals surface area contributed by atoms with Crippen LogP contribution in [0.5, 0.6) is 0 Å². The molecule has 0 unspecified atom stereocenters. The monoisotopic (exact) mass is 445 g/mol. The largest absolute Gasteiger partial charge is 0.393 e. The summed E-state index contributed by atoms with van der Waals surface area (Å²) in [6.45, 7) is 5.62. The lowest BCUT2D eigenvalue weighted by atomic mass is 10.2. The van der Waals surface area contributed by atoms with Crippen molar-refractivity contribution in [3.05, 3.63) is 57.8 Å². The summed E-state index contributed by atoms with van der Waals surface area (Å²) < 4.78 is 0. The Morgan fingerprint density at radius 1 is 1.16 bits per heavy atom. The fraction of sp³-hybridized carbons (Fsp3) is 0.429. The van der Waals surface area contributed by atoms with Gasteiger partial charge in [-0.25, -0.2) is 5.84 Å². The first-order valence-electron chi connectivity index (χ1n) is 10.3. The van der Waals surface area contributed by atoms with Crippen LogP contribution in [0.25, 0.3) is 0 Å². The van der Waals surface area contributed by atoms with E-state index in [2.05, 4.69) is 20.8 Å².